The smallest absolute Gasteiger partial charge is 0.0435 e. The Hall–Kier alpha value is -0.240. The summed E-state index contributed by atoms with van der Waals surface area (Å²) in [6.07, 6.45) is 3.89. The molecule has 1 aliphatic rings. The topological polar surface area (TPSA) is 12.0 Å². The lowest BCUT2D eigenvalue weighted by molar-refractivity contribution is 0.412. The van der Waals surface area contributed by atoms with Crippen LogP contribution in [0.1, 0.15) is 36.4 Å². The molecule has 1 nitrogen and oxygen atoms in total. The van der Waals surface area contributed by atoms with Gasteiger partial charge in [-0.05, 0) is 43.5 Å². The maximum atomic E-state index is 6.00. The van der Waals surface area contributed by atoms with E-state index < -0.39 is 0 Å². The molecule has 0 bridgehead atoms. The Morgan fingerprint density at radius 3 is 2.73 bits per heavy atom. The molecule has 0 aliphatic carbocycles. The molecule has 1 atom stereocenters. The third-order valence-electron chi connectivity index (χ3n) is 2.89. The van der Waals surface area contributed by atoms with Crippen molar-refractivity contribution in [2.24, 2.45) is 0 Å². The quantitative estimate of drug-likeness (QED) is 0.792. The first-order valence-electron chi connectivity index (χ1n) is 5.27. The first kappa shape index (κ1) is 12.8. The maximum Gasteiger partial charge on any atom is 0.0435 e. The summed E-state index contributed by atoms with van der Waals surface area (Å²) in [5.74, 6) is 0. The van der Waals surface area contributed by atoms with E-state index in [-0.39, 0.29) is 12.4 Å². The fraction of sp³-hybridized carbons (Fsp3) is 0.500. The monoisotopic (exact) mass is 245 g/mol. The van der Waals surface area contributed by atoms with Crippen LogP contribution in [0, 0.1) is 6.92 Å². The average Bonchev–Trinajstić information content (AvgIpc) is 2.23. The van der Waals surface area contributed by atoms with E-state index in [9.17, 15) is 0 Å². The number of aryl methyl sites for hydroxylation is 1. The van der Waals surface area contributed by atoms with E-state index in [4.69, 9.17) is 11.6 Å². The number of halogens is 2. The molecule has 0 unspecified atom stereocenters. The number of piperidine rings is 1. The fourth-order valence-corrected chi connectivity index (χ4v) is 2.14. The molecule has 0 aromatic heterocycles. The summed E-state index contributed by atoms with van der Waals surface area (Å²) in [6, 6.07) is 6.88. The van der Waals surface area contributed by atoms with Crippen molar-refractivity contribution in [3.05, 3.63) is 34.3 Å². The summed E-state index contributed by atoms with van der Waals surface area (Å²) in [4.78, 5) is 0. The predicted octanol–water partition coefficient (Wildman–Crippen LogP) is 3.88. The molecule has 1 fully saturated rings. The van der Waals surface area contributed by atoms with Gasteiger partial charge < -0.3 is 5.32 Å². The summed E-state index contributed by atoms with van der Waals surface area (Å²) in [7, 11) is 0. The highest BCUT2D eigenvalue weighted by molar-refractivity contribution is 6.31. The minimum atomic E-state index is 0. The molecule has 0 radical (unpaired) electrons. The van der Waals surface area contributed by atoms with E-state index in [1.807, 2.05) is 6.07 Å². The largest absolute Gasteiger partial charge is 0.310 e. The molecular formula is C12H17Cl2N. The van der Waals surface area contributed by atoms with Crippen LogP contribution in [0.5, 0.6) is 0 Å². The van der Waals surface area contributed by atoms with Crippen molar-refractivity contribution in [3.8, 4) is 0 Å². The van der Waals surface area contributed by atoms with Crippen LogP contribution in [0.4, 0.5) is 0 Å². The molecule has 0 spiro atoms. The van der Waals surface area contributed by atoms with Gasteiger partial charge in [-0.1, -0.05) is 30.2 Å². The van der Waals surface area contributed by atoms with Gasteiger partial charge >= 0.3 is 0 Å². The average molecular weight is 246 g/mol. The van der Waals surface area contributed by atoms with Crippen LogP contribution in [0.3, 0.4) is 0 Å². The summed E-state index contributed by atoms with van der Waals surface area (Å²) in [5, 5.41) is 4.40. The van der Waals surface area contributed by atoms with Gasteiger partial charge in [-0.3, -0.25) is 0 Å². The number of hydrogen-bond acceptors (Lipinski definition) is 1. The van der Waals surface area contributed by atoms with Gasteiger partial charge in [0.25, 0.3) is 0 Å². The predicted molar refractivity (Wildman–Crippen MR) is 68.0 cm³/mol. The molecule has 0 saturated carbocycles. The highest BCUT2D eigenvalue weighted by atomic mass is 35.5. The normalized spacial score (nSPS) is 20.8. The Morgan fingerprint density at radius 2 is 2.13 bits per heavy atom. The van der Waals surface area contributed by atoms with Gasteiger partial charge in [0.15, 0.2) is 0 Å². The van der Waals surface area contributed by atoms with Crippen molar-refractivity contribution in [2.45, 2.75) is 32.2 Å². The van der Waals surface area contributed by atoms with Crippen LogP contribution in [0.2, 0.25) is 5.02 Å². The third-order valence-corrected chi connectivity index (χ3v) is 3.32. The molecule has 1 aliphatic heterocycles. The van der Waals surface area contributed by atoms with Crippen molar-refractivity contribution in [1.82, 2.24) is 5.32 Å². The lowest BCUT2D eigenvalue weighted by Crippen LogP contribution is -2.26. The van der Waals surface area contributed by atoms with E-state index >= 15 is 0 Å². The lowest BCUT2D eigenvalue weighted by atomic mass is 9.96. The van der Waals surface area contributed by atoms with Gasteiger partial charge in [-0.2, -0.15) is 0 Å². The van der Waals surface area contributed by atoms with Crippen LogP contribution in [0.25, 0.3) is 0 Å². The SMILES string of the molecule is Cc1cc([C@H]2CCCCN2)ccc1Cl.Cl. The molecule has 1 heterocycles. The van der Waals surface area contributed by atoms with Crippen LogP contribution in [-0.2, 0) is 0 Å². The van der Waals surface area contributed by atoms with Crippen molar-refractivity contribution in [1.29, 1.82) is 0 Å². The lowest BCUT2D eigenvalue weighted by Gasteiger charge is -2.24. The summed E-state index contributed by atoms with van der Waals surface area (Å²) < 4.78 is 0. The van der Waals surface area contributed by atoms with Crippen LogP contribution in [0.15, 0.2) is 18.2 Å². The highest BCUT2D eigenvalue weighted by Crippen LogP contribution is 2.26. The van der Waals surface area contributed by atoms with Crippen molar-refractivity contribution in [2.75, 3.05) is 6.54 Å². The molecule has 0 amide bonds. The Kier molecular flexibility index (Phi) is 4.91. The van der Waals surface area contributed by atoms with E-state index in [0.717, 1.165) is 11.6 Å². The van der Waals surface area contributed by atoms with Crippen molar-refractivity contribution < 1.29 is 0 Å². The van der Waals surface area contributed by atoms with Gasteiger partial charge in [0.05, 0.1) is 0 Å². The Morgan fingerprint density at radius 1 is 1.33 bits per heavy atom. The fourth-order valence-electron chi connectivity index (χ4n) is 2.02. The van der Waals surface area contributed by atoms with E-state index in [1.54, 1.807) is 0 Å². The number of benzene rings is 1. The second-order valence-electron chi connectivity index (χ2n) is 4.01. The van der Waals surface area contributed by atoms with E-state index in [0.29, 0.717) is 6.04 Å². The maximum absolute atomic E-state index is 6.00. The molecular weight excluding hydrogens is 229 g/mol. The Labute approximate surface area is 103 Å². The second kappa shape index (κ2) is 5.74. The zero-order valence-corrected chi connectivity index (χ0v) is 10.5. The molecule has 84 valence electrons. The van der Waals surface area contributed by atoms with Crippen molar-refractivity contribution in [3.63, 3.8) is 0 Å². The number of hydrogen-bond donors (Lipinski definition) is 1. The zero-order chi connectivity index (χ0) is 9.97. The minimum absolute atomic E-state index is 0. The zero-order valence-electron chi connectivity index (χ0n) is 8.92. The second-order valence-corrected chi connectivity index (χ2v) is 4.42. The van der Waals surface area contributed by atoms with Gasteiger partial charge in [-0.15, -0.1) is 12.4 Å². The van der Waals surface area contributed by atoms with E-state index in [1.165, 1.54) is 30.4 Å². The molecule has 2 rings (SSSR count). The summed E-state index contributed by atoms with van der Waals surface area (Å²) >= 11 is 6.00. The molecule has 1 N–H and O–H groups in total. The Bertz CT molecular complexity index is 319. The number of rotatable bonds is 1. The Balaban J connectivity index is 0.00000112. The molecule has 15 heavy (non-hydrogen) atoms. The van der Waals surface area contributed by atoms with Crippen LogP contribution >= 0.6 is 24.0 Å². The highest BCUT2D eigenvalue weighted by Gasteiger charge is 2.14. The van der Waals surface area contributed by atoms with Crippen molar-refractivity contribution >= 4 is 24.0 Å². The third kappa shape index (κ3) is 3.10. The molecule has 1 aromatic carbocycles. The molecule has 3 heteroatoms. The minimum Gasteiger partial charge on any atom is -0.310 e. The first-order valence-corrected chi connectivity index (χ1v) is 5.64. The van der Waals surface area contributed by atoms with Gasteiger partial charge in [0, 0.05) is 11.1 Å². The van der Waals surface area contributed by atoms with Gasteiger partial charge in [0.1, 0.15) is 0 Å². The summed E-state index contributed by atoms with van der Waals surface area (Å²) in [6.45, 7) is 3.21. The summed E-state index contributed by atoms with van der Waals surface area (Å²) in [5.41, 5.74) is 2.56. The van der Waals surface area contributed by atoms with E-state index in [2.05, 4.69) is 24.4 Å². The number of nitrogens with one attached hydrogen (secondary N) is 1. The molecule has 1 saturated heterocycles. The van der Waals surface area contributed by atoms with Crippen LogP contribution < -0.4 is 5.32 Å². The molecule has 1 aromatic rings. The standard InChI is InChI=1S/C12H16ClN.ClH/c1-9-8-10(5-6-11(9)13)12-4-2-3-7-14-12;/h5-6,8,12,14H,2-4,7H2,1H3;1H/t12-;/m1./s1. The first-order chi connectivity index (χ1) is 6.77. The van der Waals surface area contributed by atoms with Gasteiger partial charge in [-0.25, -0.2) is 0 Å². The van der Waals surface area contributed by atoms with Crippen LogP contribution in [-0.4, -0.2) is 6.54 Å². The van der Waals surface area contributed by atoms with Gasteiger partial charge in [0.2, 0.25) is 0 Å².